The first-order valence-electron chi connectivity index (χ1n) is 7.48. The van der Waals surface area contributed by atoms with Crippen LogP contribution < -0.4 is 0 Å². The molecule has 0 amide bonds. The average Bonchev–Trinajstić information content (AvgIpc) is 2.68. The molecule has 1 aliphatic heterocycles. The van der Waals surface area contributed by atoms with Crippen molar-refractivity contribution in [2.75, 3.05) is 0 Å². The van der Waals surface area contributed by atoms with Crippen LogP contribution in [0.2, 0.25) is 5.15 Å². The Morgan fingerprint density at radius 2 is 1.78 bits per heavy atom. The smallest absolute Gasteiger partial charge is 0.398 e. The van der Waals surface area contributed by atoms with Gasteiger partial charge in [-0.15, -0.1) is 0 Å². The molecule has 0 aliphatic carbocycles. The van der Waals surface area contributed by atoms with Gasteiger partial charge in [-0.1, -0.05) is 29.8 Å². The zero-order valence-corrected chi connectivity index (χ0v) is 14.3. The number of rotatable bonds is 2. The van der Waals surface area contributed by atoms with Gasteiger partial charge in [0.15, 0.2) is 0 Å². The lowest BCUT2D eigenvalue weighted by Crippen LogP contribution is -2.41. The lowest BCUT2D eigenvalue weighted by Gasteiger charge is -2.32. The van der Waals surface area contributed by atoms with Crippen LogP contribution in [-0.2, 0) is 9.31 Å². The molecule has 1 fully saturated rings. The van der Waals surface area contributed by atoms with E-state index in [1.54, 1.807) is 6.07 Å². The fourth-order valence-corrected chi connectivity index (χ4v) is 2.58. The van der Waals surface area contributed by atoms with Crippen LogP contribution in [0.4, 0.5) is 4.39 Å². The minimum Gasteiger partial charge on any atom is -0.398 e. The van der Waals surface area contributed by atoms with Crippen molar-refractivity contribution < 1.29 is 13.7 Å². The number of benzene rings is 1. The van der Waals surface area contributed by atoms with Crippen molar-refractivity contribution in [1.82, 2.24) is 4.98 Å². The maximum Gasteiger partial charge on any atom is 0.525 e. The van der Waals surface area contributed by atoms with E-state index >= 15 is 0 Å². The topological polar surface area (TPSA) is 31.4 Å². The van der Waals surface area contributed by atoms with E-state index in [-0.39, 0.29) is 5.15 Å². The van der Waals surface area contributed by atoms with Gasteiger partial charge in [0.25, 0.3) is 0 Å². The second-order valence-electron chi connectivity index (χ2n) is 6.68. The van der Waals surface area contributed by atoms with Crippen LogP contribution in [0.15, 0.2) is 36.1 Å². The highest BCUT2D eigenvalue weighted by molar-refractivity contribution is 6.54. The molecule has 1 aromatic carbocycles. The Hall–Kier alpha value is -1.43. The summed E-state index contributed by atoms with van der Waals surface area (Å²) in [4.78, 5) is 4.29. The van der Waals surface area contributed by atoms with Crippen LogP contribution in [-0.4, -0.2) is 23.3 Å². The highest BCUT2D eigenvalue weighted by atomic mass is 35.5. The van der Waals surface area contributed by atoms with Gasteiger partial charge < -0.3 is 9.31 Å². The summed E-state index contributed by atoms with van der Waals surface area (Å²) in [5.74, 6) is 0. The quantitative estimate of drug-likeness (QED) is 0.582. The minimum absolute atomic E-state index is 0.246. The normalized spacial score (nSPS) is 20.3. The molecule has 6 heteroatoms. The number of fused-ring (bicyclic) bond motifs is 1. The molecule has 120 valence electrons. The molecule has 3 rings (SSSR count). The predicted molar refractivity (Wildman–Crippen MR) is 91.9 cm³/mol. The van der Waals surface area contributed by atoms with Crippen molar-refractivity contribution in [3.63, 3.8) is 0 Å². The third kappa shape index (κ3) is 3.01. The van der Waals surface area contributed by atoms with Gasteiger partial charge in [-0.3, -0.25) is 0 Å². The molecule has 1 saturated heterocycles. The van der Waals surface area contributed by atoms with Crippen molar-refractivity contribution >= 4 is 35.7 Å². The molecule has 3 nitrogen and oxygen atoms in total. The highest BCUT2D eigenvalue weighted by Crippen LogP contribution is 2.39. The summed E-state index contributed by atoms with van der Waals surface area (Å²) in [6.45, 7) is 7.52. The van der Waals surface area contributed by atoms with Gasteiger partial charge in [0.2, 0.25) is 0 Å². The summed E-state index contributed by atoms with van der Waals surface area (Å²) in [6, 6.07) is 9.35. The lowest BCUT2D eigenvalue weighted by atomic mass is 9.87. The number of nitrogens with zero attached hydrogens (tertiary/aromatic N) is 1. The van der Waals surface area contributed by atoms with Crippen LogP contribution in [0, 0.1) is 0 Å². The van der Waals surface area contributed by atoms with Gasteiger partial charge in [0.05, 0.1) is 16.7 Å². The maximum atomic E-state index is 14.6. The van der Waals surface area contributed by atoms with E-state index in [2.05, 4.69) is 4.98 Å². The molecule has 2 aromatic rings. The second kappa shape index (κ2) is 5.58. The first kappa shape index (κ1) is 16.4. The molecule has 0 spiro atoms. The summed E-state index contributed by atoms with van der Waals surface area (Å²) >= 11 is 6.16. The molecular formula is C17H18BClFNO2. The van der Waals surface area contributed by atoms with Crippen LogP contribution in [0.25, 0.3) is 17.0 Å². The van der Waals surface area contributed by atoms with Crippen molar-refractivity contribution in [2.45, 2.75) is 38.9 Å². The van der Waals surface area contributed by atoms with E-state index in [0.717, 1.165) is 10.9 Å². The standard InChI is InChI=1S/C17H18BClFNO2/c1-16(2)17(3,4)23-18(22-16)14(20)10-12-9-11-7-5-6-8-13(11)21-15(12)19/h5-10H,1-4H3. The first-order chi connectivity index (χ1) is 10.7. The second-order valence-corrected chi connectivity index (χ2v) is 7.04. The summed E-state index contributed by atoms with van der Waals surface area (Å²) in [6.07, 6.45) is 1.32. The molecule has 23 heavy (non-hydrogen) atoms. The van der Waals surface area contributed by atoms with Crippen molar-refractivity contribution in [2.24, 2.45) is 0 Å². The fraction of sp³-hybridized carbons (Fsp3) is 0.353. The summed E-state index contributed by atoms with van der Waals surface area (Å²) in [5, 5.41) is 1.14. The molecule has 2 heterocycles. The summed E-state index contributed by atoms with van der Waals surface area (Å²) in [5.41, 5.74) is -0.436. The third-order valence-corrected chi connectivity index (χ3v) is 4.78. The predicted octanol–water partition coefficient (Wildman–Crippen LogP) is 4.83. The Labute approximate surface area is 140 Å². The molecule has 0 saturated carbocycles. The number of aromatic nitrogens is 1. The Kier molecular flexibility index (Phi) is 3.99. The van der Waals surface area contributed by atoms with Crippen molar-refractivity contribution in [1.29, 1.82) is 0 Å². The van der Waals surface area contributed by atoms with Crippen molar-refractivity contribution in [3.05, 3.63) is 46.8 Å². The van der Waals surface area contributed by atoms with E-state index < -0.39 is 24.0 Å². The molecule has 1 aliphatic rings. The van der Waals surface area contributed by atoms with E-state index in [1.807, 2.05) is 52.0 Å². The monoisotopic (exact) mass is 333 g/mol. The van der Waals surface area contributed by atoms with Crippen LogP contribution in [0.1, 0.15) is 33.3 Å². The molecule has 0 atom stereocenters. The van der Waals surface area contributed by atoms with E-state index in [9.17, 15) is 4.39 Å². The van der Waals surface area contributed by atoms with Gasteiger partial charge >= 0.3 is 7.12 Å². The molecule has 0 bridgehead atoms. The molecular weight excluding hydrogens is 315 g/mol. The number of hydrogen-bond acceptors (Lipinski definition) is 3. The van der Waals surface area contributed by atoms with Crippen LogP contribution in [0.5, 0.6) is 0 Å². The van der Waals surface area contributed by atoms with Gasteiger partial charge in [0.1, 0.15) is 10.9 Å². The van der Waals surface area contributed by atoms with Gasteiger partial charge in [-0.25, -0.2) is 9.37 Å². The number of para-hydroxylation sites is 1. The number of hydrogen-bond donors (Lipinski definition) is 0. The van der Waals surface area contributed by atoms with Gasteiger partial charge in [0, 0.05) is 10.9 Å². The molecule has 0 unspecified atom stereocenters. The Morgan fingerprint density at radius 1 is 1.17 bits per heavy atom. The number of halogens is 2. The third-order valence-electron chi connectivity index (χ3n) is 4.48. The Morgan fingerprint density at radius 3 is 2.43 bits per heavy atom. The van der Waals surface area contributed by atoms with Gasteiger partial charge in [-0.05, 0) is 45.9 Å². The zero-order valence-electron chi connectivity index (χ0n) is 13.6. The SMILES string of the molecule is CC1(C)OB(C(F)=Cc2cc3ccccc3nc2Cl)OC1(C)C. The van der Waals surface area contributed by atoms with Gasteiger partial charge in [-0.2, -0.15) is 0 Å². The van der Waals surface area contributed by atoms with E-state index in [0.29, 0.717) is 5.56 Å². The minimum atomic E-state index is -1.04. The first-order valence-corrected chi connectivity index (χ1v) is 7.85. The molecule has 0 radical (unpaired) electrons. The zero-order chi connectivity index (χ0) is 16.8. The van der Waals surface area contributed by atoms with E-state index in [4.69, 9.17) is 20.9 Å². The Balaban J connectivity index is 1.94. The highest BCUT2D eigenvalue weighted by Gasteiger charge is 2.53. The van der Waals surface area contributed by atoms with Crippen molar-refractivity contribution in [3.8, 4) is 0 Å². The van der Waals surface area contributed by atoms with Crippen LogP contribution in [0.3, 0.4) is 0 Å². The fourth-order valence-electron chi connectivity index (χ4n) is 2.38. The molecule has 1 aromatic heterocycles. The summed E-state index contributed by atoms with van der Waals surface area (Å²) in [7, 11) is -1.04. The average molecular weight is 334 g/mol. The van der Waals surface area contributed by atoms with Crippen LogP contribution >= 0.6 is 11.6 Å². The number of pyridine rings is 1. The Bertz CT molecular complexity index is 775. The molecule has 0 N–H and O–H groups in total. The largest absolute Gasteiger partial charge is 0.525 e. The maximum absolute atomic E-state index is 14.6. The van der Waals surface area contributed by atoms with E-state index in [1.165, 1.54) is 6.08 Å². The lowest BCUT2D eigenvalue weighted by molar-refractivity contribution is 0.00578. The summed E-state index contributed by atoms with van der Waals surface area (Å²) < 4.78 is 26.0.